The second-order valence-corrected chi connectivity index (χ2v) is 5.16. The van der Waals surface area contributed by atoms with Crippen LogP contribution in [0, 0.1) is 0 Å². The van der Waals surface area contributed by atoms with Crippen molar-refractivity contribution in [3.63, 3.8) is 0 Å². The Morgan fingerprint density at radius 1 is 1.13 bits per heavy atom. The third-order valence-electron chi connectivity index (χ3n) is 3.23. The van der Waals surface area contributed by atoms with E-state index >= 15 is 0 Å². The monoisotopic (exact) mass is 334 g/mol. The molecule has 2 aromatic rings. The van der Waals surface area contributed by atoms with Crippen molar-refractivity contribution in [3.05, 3.63) is 60.2 Å². The lowest BCUT2D eigenvalue weighted by Crippen LogP contribution is -2.37. The van der Waals surface area contributed by atoms with E-state index in [2.05, 4.69) is 12.2 Å². The average Bonchev–Trinajstić information content (AvgIpc) is 2.55. The molecule has 0 bridgehead atoms. The topological polar surface area (TPSA) is 64.3 Å². The number of carbonyl (C=O) groups is 1. The quantitative estimate of drug-likeness (QED) is 0.815. The van der Waals surface area contributed by atoms with Gasteiger partial charge in [0.25, 0.3) is 0 Å². The first-order chi connectivity index (χ1) is 10.7. The molecule has 124 valence electrons. The molecule has 0 saturated carbocycles. The van der Waals surface area contributed by atoms with Crippen molar-refractivity contribution in [3.8, 4) is 5.75 Å². The third-order valence-corrected chi connectivity index (χ3v) is 3.23. The Morgan fingerprint density at radius 3 is 2.39 bits per heavy atom. The highest BCUT2D eigenvalue weighted by Crippen LogP contribution is 2.16. The lowest BCUT2D eigenvalue weighted by Gasteiger charge is -2.13. The van der Waals surface area contributed by atoms with Gasteiger partial charge in [0.1, 0.15) is 5.75 Å². The number of nitrogens with two attached hydrogens (primary N) is 1. The van der Waals surface area contributed by atoms with Crippen LogP contribution < -0.4 is 15.8 Å². The van der Waals surface area contributed by atoms with Crippen LogP contribution >= 0.6 is 12.4 Å². The molecule has 5 heteroatoms. The zero-order valence-corrected chi connectivity index (χ0v) is 14.0. The van der Waals surface area contributed by atoms with Gasteiger partial charge in [-0.15, -0.1) is 12.4 Å². The summed E-state index contributed by atoms with van der Waals surface area (Å²) < 4.78 is 5.50. The molecule has 0 aliphatic heterocycles. The predicted octanol–water partition coefficient (Wildman–Crippen LogP) is 3.41. The zero-order valence-electron chi connectivity index (χ0n) is 13.2. The number of hydrogen-bond acceptors (Lipinski definition) is 3. The third kappa shape index (κ3) is 6.30. The summed E-state index contributed by atoms with van der Waals surface area (Å²) >= 11 is 0. The summed E-state index contributed by atoms with van der Waals surface area (Å²) in [6, 6.07) is 16.5. The van der Waals surface area contributed by atoms with Crippen LogP contribution in [-0.2, 0) is 11.2 Å². The van der Waals surface area contributed by atoms with Gasteiger partial charge in [0.2, 0.25) is 5.91 Å². The van der Waals surface area contributed by atoms with E-state index < -0.39 is 6.04 Å². The van der Waals surface area contributed by atoms with Gasteiger partial charge < -0.3 is 15.8 Å². The fourth-order valence-corrected chi connectivity index (χ4v) is 2.05. The van der Waals surface area contributed by atoms with E-state index in [1.807, 2.05) is 54.6 Å². The van der Waals surface area contributed by atoms with Crippen molar-refractivity contribution in [2.45, 2.75) is 25.8 Å². The minimum atomic E-state index is -0.571. The highest BCUT2D eigenvalue weighted by atomic mass is 35.5. The van der Waals surface area contributed by atoms with Crippen molar-refractivity contribution in [1.29, 1.82) is 0 Å². The van der Waals surface area contributed by atoms with E-state index in [-0.39, 0.29) is 18.3 Å². The number of benzene rings is 2. The van der Waals surface area contributed by atoms with Crippen molar-refractivity contribution in [2.75, 3.05) is 11.9 Å². The van der Waals surface area contributed by atoms with Crippen molar-refractivity contribution in [2.24, 2.45) is 5.73 Å². The number of hydrogen-bond donors (Lipinski definition) is 2. The first kappa shape index (κ1) is 19.0. The highest BCUT2D eigenvalue weighted by Gasteiger charge is 2.14. The smallest absolute Gasteiger partial charge is 0.241 e. The molecule has 0 aliphatic carbocycles. The van der Waals surface area contributed by atoms with Gasteiger partial charge in [-0.25, -0.2) is 0 Å². The molecule has 0 heterocycles. The summed E-state index contributed by atoms with van der Waals surface area (Å²) in [7, 11) is 0. The maximum Gasteiger partial charge on any atom is 0.241 e. The first-order valence-corrected chi connectivity index (χ1v) is 7.52. The van der Waals surface area contributed by atoms with Crippen LogP contribution in [0.5, 0.6) is 5.75 Å². The van der Waals surface area contributed by atoms with E-state index in [0.717, 1.165) is 23.4 Å². The van der Waals surface area contributed by atoms with E-state index in [1.165, 1.54) is 0 Å². The lowest BCUT2D eigenvalue weighted by molar-refractivity contribution is -0.117. The Balaban J connectivity index is 0.00000264. The fraction of sp³-hybridized carbons (Fsp3) is 0.278. The van der Waals surface area contributed by atoms with E-state index in [0.29, 0.717) is 13.0 Å². The molecule has 0 fully saturated rings. The summed E-state index contributed by atoms with van der Waals surface area (Å²) in [5.74, 6) is 0.611. The first-order valence-electron chi connectivity index (χ1n) is 7.52. The number of halogens is 1. The maximum atomic E-state index is 12.1. The number of amides is 1. The Kier molecular flexibility index (Phi) is 8.16. The average molecular weight is 335 g/mol. The Labute approximate surface area is 143 Å². The molecule has 2 aromatic carbocycles. The molecule has 1 atom stereocenters. The van der Waals surface area contributed by atoms with Gasteiger partial charge in [-0.2, -0.15) is 0 Å². The zero-order chi connectivity index (χ0) is 15.8. The standard InChI is InChI=1S/C18H22N2O2.ClH/c1-2-12-22-16-10-8-15(9-11-16)20-18(21)17(19)13-14-6-4-3-5-7-14;/h3-11,17H,2,12-13,19H2,1H3,(H,20,21);1H. The van der Waals surface area contributed by atoms with E-state index in [9.17, 15) is 4.79 Å². The van der Waals surface area contributed by atoms with Crippen molar-refractivity contribution < 1.29 is 9.53 Å². The minimum Gasteiger partial charge on any atom is -0.494 e. The fourth-order valence-electron chi connectivity index (χ4n) is 2.05. The van der Waals surface area contributed by atoms with Gasteiger partial charge in [0.05, 0.1) is 12.6 Å². The number of rotatable bonds is 7. The predicted molar refractivity (Wildman–Crippen MR) is 96.2 cm³/mol. The van der Waals surface area contributed by atoms with Crippen LogP contribution in [0.4, 0.5) is 5.69 Å². The summed E-state index contributed by atoms with van der Waals surface area (Å²) in [4.78, 5) is 12.1. The molecule has 0 aliphatic rings. The number of carbonyl (C=O) groups excluding carboxylic acids is 1. The number of ether oxygens (including phenoxy) is 1. The van der Waals surface area contributed by atoms with Gasteiger partial charge in [0, 0.05) is 5.69 Å². The highest BCUT2D eigenvalue weighted by molar-refractivity contribution is 5.94. The van der Waals surface area contributed by atoms with E-state index in [4.69, 9.17) is 10.5 Å². The lowest BCUT2D eigenvalue weighted by atomic mass is 10.1. The molecule has 0 saturated heterocycles. The van der Waals surface area contributed by atoms with Crippen LogP contribution in [0.25, 0.3) is 0 Å². The van der Waals surface area contributed by atoms with E-state index in [1.54, 1.807) is 0 Å². The van der Waals surface area contributed by atoms with Crippen LogP contribution in [-0.4, -0.2) is 18.6 Å². The maximum absolute atomic E-state index is 12.1. The second-order valence-electron chi connectivity index (χ2n) is 5.16. The van der Waals surface area contributed by atoms with Crippen LogP contribution in [0.3, 0.4) is 0 Å². The number of nitrogens with one attached hydrogen (secondary N) is 1. The van der Waals surface area contributed by atoms with Crippen LogP contribution in [0.2, 0.25) is 0 Å². The van der Waals surface area contributed by atoms with Gasteiger partial charge in [-0.3, -0.25) is 4.79 Å². The molecule has 0 spiro atoms. The van der Waals surface area contributed by atoms with Crippen LogP contribution in [0.15, 0.2) is 54.6 Å². The van der Waals surface area contributed by atoms with Crippen molar-refractivity contribution >= 4 is 24.0 Å². The van der Waals surface area contributed by atoms with Crippen LogP contribution in [0.1, 0.15) is 18.9 Å². The molecule has 23 heavy (non-hydrogen) atoms. The molecule has 1 unspecified atom stereocenters. The number of anilines is 1. The van der Waals surface area contributed by atoms with Gasteiger partial charge >= 0.3 is 0 Å². The SMILES string of the molecule is CCCOc1ccc(NC(=O)C(N)Cc2ccccc2)cc1.Cl. The molecule has 0 radical (unpaired) electrons. The molecular formula is C18H23ClN2O2. The summed E-state index contributed by atoms with van der Waals surface area (Å²) in [5.41, 5.74) is 7.73. The molecule has 4 nitrogen and oxygen atoms in total. The van der Waals surface area contributed by atoms with Crippen molar-refractivity contribution in [1.82, 2.24) is 0 Å². The molecule has 2 rings (SSSR count). The molecular weight excluding hydrogens is 312 g/mol. The molecule has 0 aromatic heterocycles. The Hall–Kier alpha value is -2.04. The summed E-state index contributed by atoms with van der Waals surface area (Å²) in [6.45, 7) is 2.75. The minimum absolute atomic E-state index is 0. The van der Waals surface area contributed by atoms with Gasteiger partial charge in [-0.05, 0) is 42.7 Å². The molecule has 3 N–H and O–H groups in total. The van der Waals surface area contributed by atoms with Gasteiger partial charge in [0.15, 0.2) is 0 Å². The second kappa shape index (κ2) is 9.87. The normalized spacial score (nSPS) is 11.2. The summed E-state index contributed by atoms with van der Waals surface area (Å²) in [5, 5.41) is 2.83. The van der Waals surface area contributed by atoms with Gasteiger partial charge in [-0.1, -0.05) is 37.3 Å². The Bertz CT molecular complexity index is 588. The summed E-state index contributed by atoms with van der Waals surface area (Å²) in [6.07, 6.45) is 1.48. The largest absolute Gasteiger partial charge is 0.494 e. The molecule has 1 amide bonds. The Morgan fingerprint density at radius 2 is 1.78 bits per heavy atom.